The van der Waals surface area contributed by atoms with Crippen LogP contribution >= 0.6 is 0 Å². The fourth-order valence-electron chi connectivity index (χ4n) is 3.60. The van der Waals surface area contributed by atoms with Crippen LogP contribution in [0.1, 0.15) is 17.9 Å². The molecule has 0 N–H and O–H groups in total. The van der Waals surface area contributed by atoms with Gasteiger partial charge in [-0.3, -0.25) is 19.0 Å². The lowest BCUT2D eigenvalue weighted by Gasteiger charge is -2.15. The highest BCUT2D eigenvalue weighted by atomic mass is 16.5. The van der Waals surface area contributed by atoms with Gasteiger partial charge < -0.3 is 18.8 Å². The third-order valence-corrected chi connectivity index (χ3v) is 5.48. The van der Waals surface area contributed by atoms with Gasteiger partial charge >= 0.3 is 5.97 Å². The van der Waals surface area contributed by atoms with E-state index in [4.69, 9.17) is 13.9 Å². The van der Waals surface area contributed by atoms with Crippen molar-refractivity contribution >= 4 is 22.9 Å². The summed E-state index contributed by atoms with van der Waals surface area (Å²) in [5.74, 6) is 0.353. The molecule has 0 fully saturated rings. The van der Waals surface area contributed by atoms with E-state index in [1.165, 1.54) is 11.2 Å². The Bertz CT molecular complexity index is 1380. The van der Waals surface area contributed by atoms with E-state index in [-0.39, 0.29) is 36.5 Å². The standard InChI is InChI=1S/C26H25N3O6/c1-28(16-20-6-5-15-34-20)24(30)17-35-25(31)14-13-22-26(32)29(18-9-11-19(33-2)12-10-18)23-8-4-3-7-21(23)27-22/h3-12,15H,13-14,16-17H2,1-2H3. The number of methoxy groups -OCH3 is 1. The molecular weight excluding hydrogens is 450 g/mol. The van der Waals surface area contributed by atoms with Crippen LogP contribution in [0.5, 0.6) is 5.75 Å². The van der Waals surface area contributed by atoms with Gasteiger partial charge in [0.2, 0.25) is 0 Å². The van der Waals surface area contributed by atoms with E-state index < -0.39 is 12.6 Å². The molecule has 1 amide bonds. The Balaban J connectivity index is 1.45. The Morgan fingerprint density at radius 1 is 1.06 bits per heavy atom. The molecule has 0 aliphatic rings. The number of benzene rings is 2. The molecule has 0 atom stereocenters. The summed E-state index contributed by atoms with van der Waals surface area (Å²) in [7, 11) is 3.17. The van der Waals surface area contributed by atoms with Crippen molar-refractivity contribution in [2.24, 2.45) is 0 Å². The van der Waals surface area contributed by atoms with Crippen LogP contribution < -0.4 is 10.3 Å². The van der Waals surface area contributed by atoms with E-state index in [9.17, 15) is 14.4 Å². The van der Waals surface area contributed by atoms with Crippen LogP contribution in [0, 0.1) is 0 Å². The summed E-state index contributed by atoms with van der Waals surface area (Å²) in [4.78, 5) is 43.7. The van der Waals surface area contributed by atoms with Gasteiger partial charge in [0, 0.05) is 19.2 Å². The maximum absolute atomic E-state index is 13.3. The summed E-state index contributed by atoms with van der Waals surface area (Å²) in [5, 5.41) is 0. The molecule has 0 saturated carbocycles. The molecule has 180 valence electrons. The first kappa shape index (κ1) is 23.7. The van der Waals surface area contributed by atoms with Crippen LogP contribution in [0.15, 0.2) is 76.1 Å². The summed E-state index contributed by atoms with van der Waals surface area (Å²) in [6.45, 7) is -0.118. The average molecular weight is 476 g/mol. The lowest BCUT2D eigenvalue weighted by Crippen LogP contribution is -2.31. The van der Waals surface area contributed by atoms with Gasteiger partial charge in [-0.2, -0.15) is 0 Å². The number of carbonyl (C=O) groups excluding carboxylic acids is 2. The summed E-state index contributed by atoms with van der Waals surface area (Å²) in [6.07, 6.45) is 1.52. The number of furan rings is 1. The van der Waals surface area contributed by atoms with Crippen LogP contribution in [0.25, 0.3) is 16.7 Å². The van der Waals surface area contributed by atoms with Crippen LogP contribution in [-0.4, -0.2) is 47.1 Å². The van der Waals surface area contributed by atoms with Crippen LogP contribution in [0.3, 0.4) is 0 Å². The second kappa shape index (κ2) is 10.7. The number of fused-ring (bicyclic) bond motifs is 1. The summed E-state index contributed by atoms with van der Waals surface area (Å²) >= 11 is 0. The molecule has 35 heavy (non-hydrogen) atoms. The van der Waals surface area contributed by atoms with Gasteiger partial charge in [0.25, 0.3) is 11.5 Å². The van der Waals surface area contributed by atoms with Gasteiger partial charge in [-0.25, -0.2) is 4.98 Å². The Labute approximate surface area is 201 Å². The van der Waals surface area contributed by atoms with Gasteiger partial charge in [0.05, 0.1) is 37.4 Å². The quantitative estimate of drug-likeness (QED) is 0.343. The lowest BCUT2D eigenvalue weighted by atomic mass is 10.2. The van der Waals surface area contributed by atoms with Crippen molar-refractivity contribution in [3.05, 3.63) is 88.7 Å². The minimum absolute atomic E-state index is 0.0785. The van der Waals surface area contributed by atoms with E-state index in [0.29, 0.717) is 28.2 Å². The smallest absolute Gasteiger partial charge is 0.306 e. The van der Waals surface area contributed by atoms with Gasteiger partial charge in [-0.05, 0) is 48.5 Å². The first-order valence-electron chi connectivity index (χ1n) is 11.0. The van der Waals surface area contributed by atoms with Crippen molar-refractivity contribution in [3.63, 3.8) is 0 Å². The Morgan fingerprint density at radius 3 is 2.54 bits per heavy atom. The highest BCUT2D eigenvalue weighted by Crippen LogP contribution is 2.19. The van der Waals surface area contributed by atoms with E-state index in [2.05, 4.69) is 4.98 Å². The van der Waals surface area contributed by atoms with Crippen molar-refractivity contribution < 1.29 is 23.5 Å². The molecular formula is C26H25N3O6. The maximum Gasteiger partial charge on any atom is 0.306 e. The molecule has 0 aliphatic heterocycles. The maximum atomic E-state index is 13.3. The molecule has 2 heterocycles. The zero-order valence-electron chi connectivity index (χ0n) is 19.5. The number of ether oxygens (including phenoxy) is 2. The molecule has 0 bridgehead atoms. The zero-order valence-corrected chi connectivity index (χ0v) is 19.5. The number of esters is 1. The second-order valence-electron chi connectivity index (χ2n) is 7.88. The number of hydrogen-bond donors (Lipinski definition) is 0. The van der Waals surface area contributed by atoms with Gasteiger partial charge in [-0.15, -0.1) is 0 Å². The van der Waals surface area contributed by atoms with Crippen molar-refractivity contribution in [1.82, 2.24) is 14.5 Å². The Morgan fingerprint density at radius 2 is 1.83 bits per heavy atom. The number of amides is 1. The molecule has 4 aromatic rings. The Kier molecular flexibility index (Phi) is 7.25. The predicted molar refractivity (Wildman–Crippen MR) is 128 cm³/mol. The highest BCUT2D eigenvalue weighted by Gasteiger charge is 2.17. The summed E-state index contributed by atoms with van der Waals surface area (Å²) < 4.78 is 17.1. The highest BCUT2D eigenvalue weighted by molar-refractivity contribution is 5.80. The van der Waals surface area contributed by atoms with Crippen molar-refractivity contribution in [2.45, 2.75) is 19.4 Å². The monoisotopic (exact) mass is 475 g/mol. The van der Waals surface area contributed by atoms with Gasteiger partial charge in [0.15, 0.2) is 6.61 Å². The van der Waals surface area contributed by atoms with Crippen LogP contribution in [-0.2, 0) is 27.3 Å². The number of nitrogens with zero attached hydrogens (tertiary/aromatic N) is 3. The fraction of sp³-hybridized carbons (Fsp3) is 0.231. The van der Waals surface area contributed by atoms with Crippen molar-refractivity contribution in [1.29, 1.82) is 0 Å². The summed E-state index contributed by atoms with van der Waals surface area (Å²) in [5.41, 5.74) is 1.84. The Hall–Kier alpha value is -4.40. The average Bonchev–Trinajstić information content (AvgIpc) is 3.39. The van der Waals surface area contributed by atoms with Crippen molar-refractivity contribution in [3.8, 4) is 11.4 Å². The molecule has 4 rings (SSSR count). The van der Waals surface area contributed by atoms with Crippen LogP contribution in [0.4, 0.5) is 0 Å². The molecule has 0 radical (unpaired) electrons. The van der Waals surface area contributed by atoms with E-state index >= 15 is 0 Å². The molecule has 0 aliphatic carbocycles. The number of aryl methyl sites for hydroxylation is 1. The predicted octanol–water partition coefficient (Wildman–Crippen LogP) is 3.12. The van der Waals surface area contributed by atoms with Crippen molar-refractivity contribution in [2.75, 3.05) is 20.8 Å². The fourth-order valence-corrected chi connectivity index (χ4v) is 3.60. The molecule has 0 saturated heterocycles. The van der Waals surface area contributed by atoms with Crippen LogP contribution in [0.2, 0.25) is 0 Å². The molecule has 0 unspecified atom stereocenters. The topological polar surface area (TPSA) is 104 Å². The SMILES string of the molecule is COc1ccc(-n2c(=O)c(CCC(=O)OCC(=O)N(C)Cc3ccco3)nc3ccccc32)cc1. The zero-order chi connectivity index (χ0) is 24.8. The lowest BCUT2D eigenvalue weighted by molar-refractivity contribution is -0.151. The minimum atomic E-state index is -0.588. The number of para-hydroxylation sites is 2. The van der Waals surface area contributed by atoms with Gasteiger partial charge in [0.1, 0.15) is 17.2 Å². The number of aromatic nitrogens is 2. The third-order valence-electron chi connectivity index (χ3n) is 5.48. The first-order chi connectivity index (χ1) is 17.0. The number of likely N-dealkylation sites (N-methyl/N-ethyl adjacent to an activating group) is 1. The number of hydrogen-bond acceptors (Lipinski definition) is 7. The van der Waals surface area contributed by atoms with Gasteiger partial charge in [-0.1, -0.05) is 12.1 Å². The first-order valence-corrected chi connectivity index (χ1v) is 11.0. The molecule has 0 spiro atoms. The normalized spacial score (nSPS) is 10.8. The summed E-state index contributed by atoms with van der Waals surface area (Å²) in [6, 6.07) is 17.9. The second-order valence-corrected chi connectivity index (χ2v) is 7.88. The van der Waals surface area contributed by atoms with E-state index in [1.54, 1.807) is 55.1 Å². The largest absolute Gasteiger partial charge is 0.497 e. The molecule has 9 heteroatoms. The number of rotatable bonds is 9. The third kappa shape index (κ3) is 5.57. The van der Waals surface area contributed by atoms with E-state index in [0.717, 1.165) is 0 Å². The molecule has 2 aromatic carbocycles. The minimum Gasteiger partial charge on any atom is -0.497 e. The van der Waals surface area contributed by atoms with E-state index in [1.807, 2.05) is 24.3 Å². The molecule has 9 nitrogen and oxygen atoms in total. The number of carbonyl (C=O) groups is 2. The molecule has 2 aromatic heterocycles.